The monoisotopic (exact) mass is 336 g/mol. The number of hydrogen-bond donors (Lipinski definition) is 0. The molecular weight excluding hydrogens is 312 g/mol. The third-order valence-electron chi connectivity index (χ3n) is 4.80. The molecule has 2 saturated heterocycles. The highest BCUT2D eigenvalue weighted by molar-refractivity contribution is 7.89. The number of amides is 1. The molecule has 2 aliphatic rings. The van der Waals surface area contributed by atoms with Crippen LogP contribution in [-0.4, -0.2) is 48.9 Å². The zero-order valence-electron chi connectivity index (χ0n) is 13.6. The lowest BCUT2D eigenvalue weighted by Gasteiger charge is -2.37. The summed E-state index contributed by atoms with van der Waals surface area (Å²) in [5.74, 6) is 0.0996. The maximum atomic E-state index is 12.7. The van der Waals surface area contributed by atoms with Crippen LogP contribution in [0.4, 0.5) is 0 Å². The van der Waals surface area contributed by atoms with E-state index in [-0.39, 0.29) is 24.2 Å². The number of nitrogens with zero attached hydrogens (tertiary/aromatic N) is 2. The smallest absolute Gasteiger partial charge is 0.238 e. The van der Waals surface area contributed by atoms with Crippen LogP contribution in [0.3, 0.4) is 0 Å². The first-order chi connectivity index (χ1) is 11.0. The lowest BCUT2D eigenvalue weighted by molar-refractivity contribution is -0.135. The van der Waals surface area contributed by atoms with Crippen LogP contribution in [-0.2, 0) is 14.8 Å². The number of piperidine rings is 1. The minimum atomic E-state index is -3.22. The summed E-state index contributed by atoms with van der Waals surface area (Å²) in [5, 5.41) is 0. The number of sulfonamides is 1. The fourth-order valence-electron chi connectivity index (χ4n) is 3.48. The molecule has 126 valence electrons. The van der Waals surface area contributed by atoms with Crippen LogP contribution in [0.5, 0.6) is 0 Å². The third kappa shape index (κ3) is 3.58. The Kier molecular flexibility index (Phi) is 4.73. The molecule has 0 aromatic heterocycles. The quantitative estimate of drug-likeness (QED) is 0.849. The highest BCUT2D eigenvalue weighted by Gasteiger charge is 2.34. The Morgan fingerprint density at radius 3 is 2.52 bits per heavy atom. The second-order valence-electron chi connectivity index (χ2n) is 6.51. The van der Waals surface area contributed by atoms with Gasteiger partial charge in [0.15, 0.2) is 0 Å². The number of benzene rings is 1. The van der Waals surface area contributed by atoms with Crippen LogP contribution >= 0.6 is 0 Å². The van der Waals surface area contributed by atoms with E-state index in [0.717, 1.165) is 24.8 Å². The second kappa shape index (κ2) is 6.61. The van der Waals surface area contributed by atoms with Crippen LogP contribution in [0, 0.1) is 6.92 Å². The maximum absolute atomic E-state index is 12.7. The molecule has 2 aliphatic heterocycles. The van der Waals surface area contributed by atoms with Gasteiger partial charge in [0, 0.05) is 13.1 Å². The number of hydrogen-bond acceptors (Lipinski definition) is 3. The summed E-state index contributed by atoms with van der Waals surface area (Å²) in [6.45, 7) is 3.22. The number of aryl methyl sites for hydroxylation is 1. The Labute approximate surface area is 138 Å². The first-order valence-electron chi connectivity index (χ1n) is 8.31. The van der Waals surface area contributed by atoms with E-state index in [4.69, 9.17) is 0 Å². The van der Waals surface area contributed by atoms with Crippen molar-refractivity contribution < 1.29 is 13.2 Å². The Bertz CT molecular complexity index is 670. The average Bonchev–Trinajstić information content (AvgIpc) is 2.87. The summed E-state index contributed by atoms with van der Waals surface area (Å²) < 4.78 is 25.2. The largest absolute Gasteiger partial charge is 0.335 e. The zero-order valence-corrected chi connectivity index (χ0v) is 14.4. The predicted octanol–water partition coefficient (Wildman–Crippen LogP) is 2.08. The van der Waals surface area contributed by atoms with Crippen molar-refractivity contribution >= 4 is 15.9 Å². The molecule has 23 heavy (non-hydrogen) atoms. The Morgan fingerprint density at radius 1 is 1.13 bits per heavy atom. The van der Waals surface area contributed by atoms with Gasteiger partial charge in [-0.2, -0.15) is 4.31 Å². The topological polar surface area (TPSA) is 57.7 Å². The van der Waals surface area contributed by atoms with Crippen LogP contribution < -0.4 is 0 Å². The van der Waals surface area contributed by atoms with Crippen molar-refractivity contribution in [1.29, 1.82) is 0 Å². The summed E-state index contributed by atoms with van der Waals surface area (Å²) in [4.78, 5) is 14.6. The number of likely N-dealkylation sites (tertiary alicyclic amines) is 1. The van der Waals surface area contributed by atoms with Gasteiger partial charge in [-0.3, -0.25) is 4.79 Å². The van der Waals surface area contributed by atoms with Crippen molar-refractivity contribution in [2.45, 2.75) is 38.6 Å². The molecule has 2 heterocycles. The molecule has 0 saturated carbocycles. The lowest BCUT2D eigenvalue weighted by Crippen LogP contribution is -2.44. The van der Waals surface area contributed by atoms with Crippen molar-refractivity contribution in [2.75, 3.05) is 25.4 Å². The normalized spacial score (nSPS) is 24.7. The molecule has 0 aliphatic carbocycles. The number of carbonyl (C=O) groups excluding carboxylic acids is 1. The third-order valence-corrected chi connectivity index (χ3v) is 6.70. The van der Waals surface area contributed by atoms with Crippen molar-refractivity contribution in [3.05, 3.63) is 35.4 Å². The molecule has 5 nitrogen and oxygen atoms in total. The zero-order chi connectivity index (χ0) is 16.4. The Balaban J connectivity index is 1.75. The van der Waals surface area contributed by atoms with Gasteiger partial charge in [-0.25, -0.2) is 8.42 Å². The Morgan fingerprint density at radius 2 is 1.87 bits per heavy atom. The number of carbonyl (C=O) groups is 1. The van der Waals surface area contributed by atoms with Crippen molar-refractivity contribution in [3.8, 4) is 0 Å². The fraction of sp³-hybridized carbons (Fsp3) is 0.588. The van der Waals surface area contributed by atoms with E-state index < -0.39 is 10.0 Å². The Hall–Kier alpha value is -1.40. The molecule has 6 heteroatoms. The van der Waals surface area contributed by atoms with Gasteiger partial charge in [0.2, 0.25) is 15.9 Å². The first kappa shape index (κ1) is 16.5. The molecule has 0 N–H and O–H groups in total. The SMILES string of the molecule is Cc1ccc(C2CCCCN2C(=O)CN2CCCS2(=O)=O)cc1. The van der Waals surface area contributed by atoms with E-state index in [9.17, 15) is 13.2 Å². The highest BCUT2D eigenvalue weighted by Crippen LogP contribution is 2.31. The van der Waals surface area contributed by atoms with Crippen molar-refractivity contribution in [3.63, 3.8) is 0 Å². The molecule has 0 radical (unpaired) electrons. The summed E-state index contributed by atoms with van der Waals surface area (Å²) in [6, 6.07) is 8.37. The van der Waals surface area contributed by atoms with Crippen molar-refractivity contribution in [1.82, 2.24) is 9.21 Å². The summed E-state index contributed by atoms with van der Waals surface area (Å²) in [6.07, 6.45) is 3.66. The molecule has 1 amide bonds. The van der Waals surface area contributed by atoms with E-state index in [1.165, 1.54) is 9.87 Å². The number of rotatable bonds is 3. The van der Waals surface area contributed by atoms with E-state index >= 15 is 0 Å². The van der Waals surface area contributed by atoms with Gasteiger partial charge in [0.1, 0.15) is 0 Å². The fourth-order valence-corrected chi connectivity index (χ4v) is 4.94. The van der Waals surface area contributed by atoms with E-state index in [0.29, 0.717) is 19.5 Å². The molecule has 0 spiro atoms. The average molecular weight is 336 g/mol. The minimum absolute atomic E-state index is 0.00923. The lowest BCUT2D eigenvalue weighted by atomic mass is 9.94. The maximum Gasteiger partial charge on any atom is 0.238 e. The predicted molar refractivity (Wildman–Crippen MR) is 89.5 cm³/mol. The summed E-state index contributed by atoms with van der Waals surface area (Å²) in [7, 11) is -3.22. The molecule has 1 unspecified atom stereocenters. The summed E-state index contributed by atoms with van der Waals surface area (Å²) >= 11 is 0. The van der Waals surface area contributed by atoms with Gasteiger partial charge in [0.25, 0.3) is 0 Å². The van der Waals surface area contributed by atoms with Crippen LogP contribution in [0.2, 0.25) is 0 Å². The molecule has 3 rings (SSSR count). The molecule has 1 aromatic carbocycles. The van der Waals surface area contributed by atoms with Crippen LogP contribution in [0.15, 0.2) is 24.3 Å². The van der Waals surface area contributed by atoms with Crippen LogP contribution in [0.25, 0.3) is 0 Å². The van der Waals surface area contributed by atoms with Gasteiger partial charge in [-0.1, -0.05) is 29.8 Å². The molecular formula is C17H24N2O3S. The first-order valence-corrected chi connectivity index (χ1v) is 9.92. The summed E-state index contributed by atoms with van der Waals surface area (Å²) in [5.41, 5.74) is 2.35. The standard InChI is InChI=1S/C17H24N2O3S/c1-14-6-8-15(9-7-14)16-5-2-3-11-19(16)17(20)13-18-10-4-12-23(18,21)22/h6-9,16H,2-5,10-13H2,1H3. The van der Waals surface area contributed by atoms with Gasteiger partial charge in [-0.15, -0.1) is 0 Å². The molecule has 2 fully saturated rings. The van der Waals surface area contributed by atoms with E-state index in [2.05, 4.69) is 24.3 Å². The highest BCUT2D eigenvalue weighted by atomic mass is 32.2. The van der Waals surface area contributed by atoms with E-state index in [1.54, 1.807) is 0 Å². The van der Waals surface area contributed by atoms with Crippen molar-refractivity contribution in [2.24, 2.45) is 0 Å². The molecule has 1 atom stereocenters. The van der Waals surface area contributed by atoms with Gasteiger partial charge < -0.3 is 4.90 Å². The minimum Gasteiger partial charge on any atom is -0.335 e. The van der Waals surface area contributed by atoms with E-state index in [1.807, 2.05) is 11.8 Å². The second-order valence-corrected chi connectivity index (χ2v) is 8.60. The van der Waals surface area contributed by atoms with Gasteiger partial charge in [-0.05, 0) is 38.2 Å². The molecule has 0 bridgehead atoms. The molecule has 1 aromatic rings. The van der Waals surface area contributed by atoms with Gasteiger partial charge in [0.05, 0.1) is 18.3 Å². The van der Waals surface area contributed by atoms with Gasteiger partial charge >= 0.3 is 0 Å². The van der Waals surface area contributed by atoms with Crippen LogP contribution in [0.1, 0.15) is 42.9 Å².